The van der Waals surface area contributed by atoms with Crippen LogP contribution in [0.1, 0.15) is 19.4 Å². The fraction of sp³-hybridized carbons (Fsp3) is 0.294. The summed E-state index contributed by atoms with van der Waals surface area (Å²) in [6.45, 7) is 7.80. The van der Waals surface area contributed by atoms with E-state index >= 15 is 0 Å². The number of fused-ring (bicyclic) bond motifs is 1. The summed E-state index contributed by atoms with van der Waals surface area (Å²) in [6, 6.07) is 9.04. The van der Waals surface area contributed by atoms with Gasteiger partial charge in [-0.2, -0.15) is 15.4 Å². The standard InChI is InChI=1S/C17H20N4O3S.Na/c1-4-21(5-2)12-6-7-13(11(3)10-12)14-8-9-15-16(19-20-18-15)17(14)25(22,23)24;/h6-10H,4-5H2,1-3H3,(H,18,19,20)(H,22,23,24);/q;+1/p-1. The molecule has 0 aliphatic heterocycles. The monoisotopic (exact) mass is 382 g/mol. The van der Waals surface area contributed by atoms with Crippen LogP contribution in [0.2, 0.25) is 0 Å². The number of H-pyrrole nitrogens is 1. The Labute approximate surface area is 174 Å². The van der Waals surface area contributed by atoms with E-state index in [4.69, 9.17) is 0 Å². The van der Waals surface area contributed by atoms with Crippen LogP contribution in [0.5, 0.6) is 0 Å². The van der Waals surface area contributed by atoms with Gasteiger partial charge in [0.25, 0.3) is 0 Å². The van der Waals surface area contributed by atoms with Crippen molar-refractivity contribution in [3.05, 3.63) is 35.9 Å². The fourth-order valence-corrected chi connectivity index (χ4v) is 3.92. The van der Waals surface area contributed by atoms with Crippen molar-refractivity contribution in [3.8, 4) is 11.1 Å². The van der Waals surface area contributed by atoms with E-state index in [0.29, 0.717) is 16.6 Å². The molecule has 3 aromatic rings. The topological polar surface area (TPSA) is 102 Å². The minimum atomic E-state index is -4.71. The first-order valence-electron chi connectivity index (χ1n) is 8.02. The Balaban J connectivity index is 0.00000243. The summed E-state index contributed by atoms with van der Waals surface area (Å²) >= 11 is 0. The number of rotatable bonds is 5. The molecule has 0 saturated carbocycles. The van der Waals surface area contributed by atoms with Crippen LogP contribution in [-0.2, 0) is 10.1 Å². The number of anilines is 1. The molecule has 0 spiro atoms. The predicted molar refractivity (Wildman–Crippen MR) is 95.6 cm³/mol. The van der Waals surface area contributed by atoms with Crippen LogP contribution in [0.15, 0.2) is 35.2 Å². The molecular formula is C17H19N4NaO3S. The number of benzene rings is 2. The molecule has 1 heterocycles. The van der Waals surface area contributed by atoms with Crippen molar-refractivity contribution < 1.29 is 42.5 Å². The first-order chi connectivity index (χ1) is 11.9. The number of aromatic amines is 1. The van der Waals surface area contributed by atoms with Crippen LogP contribution in [0.3, 0.4) is 0 Å². The maximum atomic E-state index is 11.9. The van der Waals surface area contributed by atoms with Gasteiger partial charge in [-0.25, -0.2) is 8.42 Å². The van der Waals surface area contributed by atoms with E-state index < -0.39 is 10.1 Å². The van der Waals surface area contributed by atoms with Gasteiger partial charge in [0, 0.05) is 24.3 Å². The van der Waals surface area contributed by atoms with Crippen LogP contribution < -0.4 is 34.5 Å². The largest absolute Gasteiger partial charge is 1.00 e. The Morgan fingerprint density at radius 3 is 2.31 bits per heavy atom. The van der Waals surface area contributed by atoms with E-state index in [1.807, 2.05) is 25.1 Å². The Kier molecular flexibility index (Phi) is 6.46. The van der Waals surface area contributed by atoms with Gasteiger partial charge in [0.1, 0.15) is 21.2 Å². The van der Waals surface area contributed by atoms with E-state index in [2.05, 4.69) is 34.2 Å². The van der Waals surface area contributed by atoms with Gasteiger partial charge in [0.05, 0.1) is 4.90 Å². The third kappa shape index (κ3) is 3.79. The van der Waals surface area contributed by atoms with Gasteiger partial charge >= 0.3 is 29.6 Å². The minimum absolute atomic E-state index is 0. The van der Waals surface area contributed by atoms with Gasteiger partial charge < -0.3 is 9.45 Å². The number of aromatic nitrogens is 3. The SMILES string of the molecule is CCN(CC)c1ccc(-c2ccc3n[nH]nc3c2S(=O)(=O)[O-])c(C)c1.[Na+]. The van der Waals surface area contributed by atoms with Crippen molar-refractivity contribution in [2.45, 2.75) is 25.7 Å². The summed E-state index contributed by atoms with van der Waals surface area (Å²) in [4.78, 5) is 1.86. The molecule has 0 aliphatic rings. The van der Waals surface area contributed by atoms with Gasteiger partial charge in [-0.05, 0) is 50.1 Å². The number of nitrogens with zero attached hydrogens (tertiary/aromatic N) is 3. The van der Waals surface area contributed by atoms with Crippen LogP contribution >= 0.6 is 0 Å². The van der Waals surface area contributed by atoms with Crippen molar-refractivity contribution in [1.82, 2.24) is 15.4 Å². The second-order valence-corrected chi connectivity index (χ2v) is 7.08. The molecule has 0 aliphatic carbocycles. The Hall–Kier alpha value is -1.45. The Bertz CT molecular complexity index is 1030. The molecule has 0 amide bonds. The fourth-order valence-electron chi connectivity index (χ4n) is 3.09. The summed E-state index contributed by atoms with van der Waals surface area (Å²) in [5.41, 5.74) is 3.39. The molecule has 0 radical (unpaired) electrons. The molecule has 9 heteroatoms. The molecule has 1 aromatic heterocycles. The van der Waals surface area contributed by atoms with Crippen molar-refractivity contribution in [2.75, 3.05) is 18.0 Å². The zero-order chi connectivity index (χ0) is 18.2. The second-order valence-electron chi connectivity index (χ2n) is 5.76. The summed E-state index contributed by atoms with van der Waals surface area (Å²) in [7, 11) is -4.71. The van der Waals surface area contributed by atoms with Crippen LogP contribution in [0.4, 0.5) is 5.69 Å². The minimum Gasteiger partial charge on any atom is -0.744 e. The van der Waals surface area contributed by atoms with Crippen molar-refractivity contribution >= 4 is 26.8 Å². The van der Waals surface area contributed by atoms with E-state index in [9.17, 15) is 13.0 Å². The van der Waals surface area contributed by atoms with E-state index in [-0.39, 0.29) is 40.0 Å². The molecule has 1 N–H and O–H groups in total. The second kappa shape index (κ2) is 8.06. The molecule has 26 heavy (non-hydrogen) atoms. The maximum absolute atomic E-state index is 11.9. The first-order valence-corrected chi connectivity index (χ1v) is 9.43. The van der Waals surface area contributed by atoms with E-state index in [1.165, 1.54) is 0 Å². The third-order valence-corrected chi connectivity index (χ3v) is 5.23. The average molecular weight is 382 g/mol. The summed E-state index contributed by atoms with van der Waals surface area (Å²) in [5.74, 6) is 0. The Morgan fingerprint density at radius 2 is 1.73 bits per heavy atom. The third-order valence-electron chi connectivity index (χ3n) is 4.32. The smallest absolute Gasteiger partial charge is 0.744 e. The van der Waals surface area contributed by atoms with Gasteiger partial charge in [-0.15, -0.1) is 0 Å². The van der Waals surface area contributed by atoms with Gasteiger partial charge in [0.2, 0.25) is 0 Å². The summed E-state index contributed by atoms with van der Waals surface area (Å²) < 4.78 is 35.6. The molecule has 0 unspecified atom stereocenters. The molecule has 0 atom stereocenters. The molecule has 3 rings (SSSR count). The number of aryl methyl sites for hydroxylation is 1. The first kappa shape index (κ1) is 20.9. The molecule has 132 valence electrons. The van der Waals surface area contributed by atoms with Crippen molar-refractivity contribution in [3.63, 3.8) is 0 Å². The molecule has 0 fully saturated rings. The predicted octanol–water partition coefficient (Wildman–Crippen LogP) is -0.312. The van der Waals surface area contributed by atoms with Crippen molar-refractivity contribution in [2.24, 2.45) is 0 Å². The molecular weight excluding hydrogens is 363 g/mol. The number of hydrogen-bond donors (Lipinski definition) is 1. The zero-order valence-corrected chi connectivity index (χ0v) is 18.1. The summed E-state index contributed by atoms with van der Waals surface area (Å²) in [5, 5.41) is 10.1. The molecule has 0 saturated heterocycles. The quantitative estimate of drug-likeness (QED) is 0.480. The average Bonchev–Trinajstić information content (AvgIpc) is 3.02. The van der Waals surface area contributed by atoms with Gasteiger partial charge in [-0.3, -0.25) is 0 Å². The van der Waals surface area contributed by atoms with Crippen LogP contribution in [-0.4, -0.2) is 41.5 Å². The number of nitrogens with one attached hydrogen (secondary N) is 1. The van der Waals surface area contributed by atoms with Gasteiger partial charge in [-0.1, -0.05) is 12.1 Å². The van der Waals surface area contributed by atoms with Crippen LogP contribution in [0, 0.1) is 6.92 Å². The zero-order valence-electron chi connectivity index (χ0n) is 15.3. The van der Waals surface area contributed by atoms with E-state index in [0.717, 1.165) is 24.3 Å². The summed E-state index contributed by atoms with van der Waals surface area (Å²) in [6.07, 6.45) is 0. The molecule has 0 bridgehead atoms. The van der Waals surface area contributed by atoms with E-state index in [1.54, 1.807) is 12.1 Å². The molecule has 7 nitrogen and oxygen atoms in total. The van der Waals surface area contributed by atoms with Crippen molar-refractivity contribution in [1.29, 1.82) is 0 Å². The normalized spacial score (nSPS) is 11.4. The number of hydrogen-bond acceptors (Lipinski definition) is 6. The Morgan fingerprint density at radius 1 is 1.08 bits per heavy atom. The maximum Gasteiger partial charge on any atom is 1.00 e. The molecule has 2 aromatic carbocycles. The van der Waals surface area contributed by atoms with Gasteiger partial charge in [0.15, 0.2) is 0 Å². The van der Waals surface area contributed by atoms with Crippen LogP contribution in [0.25, 0.3) is 22.2 Å².